The van der Waals surface area contributed by atoms with Gasteiger partial charge in [0.2, 0.25) is 0 Å². The topological polar surface area (TPSA) is 83.5 Å². The minimum absolute atomic E-state index is 0.0294. The van der Waals surface area contributed by atoms with Crippen LogP contribution in [-0.4, -0.2) is 19.5 Å². The van der Waals surface area contributed by atoms with E-state index in [-0.39, 0.29) is 15.6 Å². The molecule has 0 saturated carbocycles. The van der Waals surface area contributed by atoms with E-state index in [9.17, 15) is 17.6 Å². The van der Waals surface area contributed by atoms with Gasteiger partial charge in [-0.2, -0.15) is 0 Å². The number of carboxylic acid groups (broad SMARTS) is 1. The Morgan fingerprint density at radius 3 is 2.43 bits per heavy atom. The Labute approximate surface area is 125 Å². The minimum Gasteiger partial charge on any atom is -0.478 e. The molecule has 0 unspecified atom stereocenters. The summed E-state index contributed by atoms with van der Waals surface area (Å²) in [5.74, 6) is -2.62. The summed E-state index contributed by atoms with van der Waals surface area (Å²) in [6.45, 7) is 0. The molecule has 21 heavy (non-hydrogen) atoms. The number of carboxylic acids is 1. The molecule has 0 aromatic heterocycles. The number of anilines is 1. The van der Waals surface area contributed by atoms with Crippen LogP contribution < -0.4 is 4.72 Å². The van der Waals surface area contributed by atoms with Gasteiger partial charge in [0.05, 0.1) is 10.7 Å². The van der Waals surface area contributed by atoms with E-state index in [0.717, 1.165) is 12.1 Å². The third-order valence-corrected chi connectivity index (χ3v) is 4.46. The third kappa shape index (κ3) is 3.14. The van der Waals surface area contributed by atoms with Crippen LogP contribution in [0.3, 0.4) is 0 Å². The van der Waals surface area contributed by atoms with E-state index in [1.807, 2.05) is 4.72 Å². The second kappa shape index (κ2) is 5.71. The van der Waals surface area contributed by atoms with E-state index in [2.05, 4.69) is 0 Å². The van der Waals surface area contributed by atoms with E-state index in [0.29, 0.717) is 0 Å². The van der Waals surface area contributed by atoms with E-state index >= 15 is 0 Å². The van der Waals surface area contributed by atoms with Gasteiger partial charge >= 0.3 is 5.97 Å². The molecule has 5 nitrogen and oxygen atoms in total. The molecule has 0 amide bonds. The van der Waals surface area contributed by atoms with Gasteiger partial charge in [0.1, 0.15) is 16.3 Å². The van der Waals surface area contributed by atoms with Gasteiger partial charge in [-0.15, -0.1) is 0 Å². The molecule has 110 valence electrons. The number of rotatable bonds is 4. The molecule has 0 fully saturated rings. The number of benzene rings is 2. The Kier molecular flexibility index (Phi) is 4.15. The van der Waals surface area contributed by atoms with Crippen molar-refractivity contribution in [3.05, 3.63) is 58.9 Å². The fourth-order valence-electron chi connectivity index (χ4n) is 1.69. The molecule has 0 aliphatic heterocycles. The molecule has 0 atom stereocenters. The summed E-state index contributed by atoms with van der Waals surface area (Å²) >= 11 is 5.80. The van der Waals surface area contributed by atoms with Crippen molar-refractivity contribution in [3.8, 4) is 0 Å². The van der Waals surface area contributed by atoms with Crippen LogP contribution in [0.2, 0.25) is 5.02 Å². The first-order valence-electron chi connectivity index (χ1n) is 5.62. The molecule has 2 aromatic carbocycles. The fraction of sp³-hybridized carbons (Fsp3) is 0. The largest absolute Gasteiger partial charge is 0.478 e. The number of hydrogen-bond donors (Lipinski definition) is 2. The molecule has 8 heteroatoms. The zero-order chi connectivity index (χ0) is 15.6. The van der Waals surface area contributed by atoms with Crippen molar-refractivity contribution in [1.29, 1.82) is 0 Å². The number of sulfonamides is 1. The lowest BCUT2D eigenvalue weighted by molar-refractivity contribution is 0.0693. The zero-order valence-corrected chi connectivity index (χ0v) is 12.0. The summed E-state index contributed by atoms with van der Waals surface area (Å²) < 4.78 is 39.9. The van der Waals surface area contributed by atoms with Gasteiger partial charge in [-0.25, -0.2) is 17.6 Å². The molecule has 2 aromatic rings. The molecule has 0 spiro atoms. The molecule has 0 bridgehead atoms. The highest BCUT2D eigenvalue weighted by Crippen LogP contribution is 2.26. The van der Waals surface area contributed by atoms with Crippen LogP contribution in [0.15, 0.2) is 47.4 Å². The van der Waals surface area contributed by atoms with Crippen LogP contribution in [0.5, 0.6) is 0 Å². The smallest absolute Gasteiger partial charge is 0.340 e. The average molecular weight is 330 g/mol. The first-order chi connectivity index (χ1) is 9.83. The van der Waals surface area contributed by atoms with Gasteiger partial charge in [0.15, 0.2) is 0 Å². The molecule has 0 saturated heterocycles. The maximum atomic E-state index is 13.5. The molecule has 0 heterocycles. The predicted molar refractivity (Wildman–Crippen MR) is 75.6 cm³/mol. The normalized spacial score (nSPS) is 11.1. The lowest BCUT2D eigenvalue weighted by Crippen LogP contribution is -2.16. The number of nitrogens with one attached hydrogen (secondary N) is 1. The maximum absolute atomic E-state index is 13.5. The van der Waals surface area contributed by atoms with E-state index in [4.69, 9.17) is 16.7 Å². The van der Waals surface area contributed by atoms with Crippen LogP contribution in [0, 0.1) is 5.82 Å². The van der Waals surface area contributed by atoms with Crippen molar-refractivity contribution in [3.63, 3.8) is 0 Å². The number of carbonyl (C=O) groups is 1. The summed E-state index contributed by atoms with van der Waals surface area (Å²) in [7, 11) is -4.13. The van der Waals surface area contributed by atoms with Crippen molar-refractivity contribution in [2.75, 3.05) is 4.72 Å². The SMILES string of the molecule is O=C(O)c1c(F)cccc1NS(=O)(=O)c1ccccc1Cl. The van der Waals surface area contributed by atoms with Crippen LogP contribution in [0.4, 0.5) is 10.1 Å². The standard InChI is InChI=1S/C13H9ClFNO4S/c14-8-4-1-2-7-11(8)21(19,20)16-10-6-3-5-9(15)12(10)13(17)18/h1-7,16H,(H,17,18). The monoisotopic (exact) mass is 329 g/mol. The van der Waals surface area contributed by atoms with Gasteiger partial charge in [0.25, 0.3) is 10.0 Å². The van der Waals surface area contributed by atoms with Gasteiger partial charge in [-0.3, -0.25) is 4.72 Å². The summed E-state index contributed by atoms with van der Waals surface area (Å²) in [5, 5.41) is 8.94. The van der Waals surface area contributed by atoms with Crippen molar-refractivity contribution in [1.82, 2.24) is 0 Å². The number of aromatic carboxylic acids is 1. The highest BCUT2D eigenvalue weighted by molar-refractivity contribution is 7.92. The highest BCUT2D eigenvalue weighted by atomic mass is 35.5. The minimum atomic E-state index is -4.13. The Morgan fingerprint density at radius 2 is 1.81 bits per heavy atom. The highest BCUT2D eigenvalue weighted by Gasteiger charge is 2.22. The van der Waals surface area contributed by atoms with Crippen molar-refractivity contribution in [2.24, 2.45) is 0 Å². The molecular weight excluding hydrogens is 321 g/mol. The van der Waals surface area contributed by atoms with Gasteiger partial charge in [0, 0.05) is 0 Å². The molecule has 2 rings (SSSR count). The molecule has 0 aliphatic carbocycles. The molecule has 0 radical (unpaired) electrons. The lowest BCUT2D eigenvalue weighted by Gasteiger charge is -2.11. The van der Waals surface area contributed by atoms with Gasteiger partial charge in [-0.05, 0) is 24.3 Å². The maximum Gasteiger partial charge on any atom is 0.340 e. The molecule has 2 N–H and O–H groups in total. The number of halogens is 2. The average Bonchev–Trinajstić information content (AvgIpc) is 2.38. The fourth-order valence-corrected chi connectivity index (χ4v) is 3.28. The Hall–Kier alpha value is -2.12. The van der Waals surface area contributed by atoms with Gasteiger partial charge < -0.3 is 5.11 Å². The van der Waals surface area contributed by atoms with E-state index < -0.39 is 27.4 Å². The first kappa shape index (κ1) is 15.3. The lowest BCUT2D eigenvalue weighted by atomic mass is 10.2. The quantitative estimate of drug-likeness (QED) is 0.903. The first-order valence-corrected chi connectivity index (χ1v) is 7.48. The summed E-state index contributed by atoms with van der Waals surface area (Å²) in [4.78, 5) is 10.8. The zero-order valence-electron chi connectivity index (χ0n) is 10.4. The second-order valence-corrected chi connectivity index (χ2v) is 6.06. The summed E-state index contributed by atoms with van der Waals surface area (Å²) in [6, 6.07) is 8.92. The van der Waals surface area contributed by atoms with Crippen LogP contribution in [0.1, 0.15) is 10.4 Å². The van der Waals surface area contributed by atoms with E-state index in [1.54, 1.807) is 6.07 Å². The van der Waals surface area contributed by atoms with E-state index in [1.165, 1.54) is 24.3 Å². The third-order valence-electron chi connectivity index (χ3n) is 2.60. The van der Waals surface area contributed by atoms with Crippen LogP contribution in [0.25, 0.3) is 0 Å². The van der Waals surface area contributed by atoms with Crippen molar-refractivity contribution in [2.45, 2.75) is 4.90 Å². The predicted octanol–water partition coefficient (Wildman–Crippen LogP) is 2.98. The summed E-state index contributed by atoms with van der Waals surface area (Å²) in [5.41, 5.74) is -1.13. The second-order valence-electron chi connectivity index (χ2n) is 4.00. The molecule has 0 aliphatic rings. The van der Waals surface area contributed by atoms with Crippen LogP contribution >= 0.6 is 11.6 Å². The summed E-state index contributed by atoms with van der Waals surface area (Å²) in [6.07, 6.45) is 0. The Morgan fingerprint density at radius 1 is 1.14 bits per heavy atom. The Balaban J connectivity index is 2.50. The van der Waals surface area contributed by atoms with Crippen molar-refractivity contribution < 1.29 is 22.7 Å². The van der Waals surface area contributed by atoms with Crippen LogP contribution in [-0.2, 0) is 10.0 Å². The van der Waals surface area contributed by atoms with Crippen molar-refractivity contribution >= 4 is 33.3 Å². The molecular formula is C13H9ClFNO4S. The van der Waals surface area contributed by atoms with Gasteiger partial charge in [-0.1, -0.05) is 29.8 Å². The Bertz CT molecular complexity index is 808. The number of hydrogen-bond acceptors (Lipinski definition) is 3.